The molecule has 0 unspecified atom stereocenters. The van der Waals surface area contributed by atoms with Crippen LogP contribution in [0.5, 0.6) is 5.75 Å². The van der Waals surface area contributed by atoms with E-state index in [0.717, 1.165) is 22.3 Å². The third-order valence-corrected chi connectivity index (χ3v) is 4.50. The first kappa shape index (κ1) is 18.7. The van der Waals surface area contributed by atoms with Crippen molar-refractivity contribution in [2.75, 3.05) is 19.0 Å². The van der Waals surface area contributed by atoms with Crippen LogP contribution in [0.25, 0.3) is 10.9 Å². The number of amides is 1. The van der Waals surface area contributed by atoms with Crippen molar-refractivity contribution >= 4 is 28.2 Å². The van der Waals surface area contributed by atoms with E-state index < -0.39 is 0 Å². The predicted octanol–water partition coefficient (Wildman–Crippen LogP) is 4.86. The zero-order valence-corrected chi connectivity index (χ0v) is 16.2. The van der Waals surface area contributed by atoms with Crippen molar-refractivity contribution in [3.63, 3.8) is 0 Å². The number of carbonyl (C=O) groups excluding carboxylic acids is 1. The molecule has 0 atom stereocenters. The predicted molar refractivity (Wildman–Crippen MR) is 110 cm³/mol. The lowest BCUT2D eigenvalue weighted by atomic mass is 10.00. The maximum Gasteiger partial charge on any atom is 0.254 e. The Morgan fingerprint density at radius 1 is 1.15 bits per heavy atom. The average molecular weight is 363 g/mol. The number of ether oxygens (including phenoxy) is 1. The van der Waals surface area contributed by atoms with Gasteiger partial charge in [-0.1, -0.05) is 44.2 Å². The number of hydrogen-bond donors (Lipinski definition) is 2. The van der Waals surface area contributed by atoms with E-state index in [1.807, 2.05) is 43.3 Å². The molecular formula is C22H25N3O2. The standard InChI is InChI=1S/C22H25N3O2/c1-5-23-22(26)17-13-24-21-16(10-8-12-19(21)27-4)20(17)25-18-11-7-6-9-15(18)14(2)3/h6-14H,5H2,1-4H3,(H,23,26)(H,24,25). The van der Waals surface area contributed by atoms with Crippen LogP contribution < -0.4 is 15.4 Å². The lowest BCUT2D eigenvalue weighted by molar-refractivity contribution is 0.0956. The average Bonchev–Trinajstić information content (AvgIpc) is 2.68. The third-order valence-electron chi connectivity index (χ3n) is 4.50. The van der Waals surface area contributed by atoms with E-state index >= 15 is 0 Å². The summed E-state index contributed by atoms with van der Waals surface area (Å²) in [7, 11) is 1.62. The van der Waals surface area contributed by atoms with Crippen LogP contribution >= 0.6 is 0 Å². The number of para-hydroxylation sites is 2. The van der Waals surface area contributed by atoms with Gasteiger partial charge in [-0.15, -0.1) is 0 Å². The van der Waals surface area contributed by atoms with Crippen molar-refractivity contribution in [2.24, 2.45) is 0 Å². The van der Waals surface area contributed by atoms with Crippen LogP contribution in [0, 0.1) is 0 Å². The van der Waals surface area contributed by atoms with Crippen molar-refractivity contribution in [1.29, 1.82) is 0 Å². The Labute approximate surface area is 159 Å². The van der Waals surface area contributed by atoms with Gasteiger partial charge in [0.05, 0.1) is 18.4 Å². The Morgan fingerprint density at radius 2 is 1.93 bits per heavy atom. The van der Waals surface area contributed by atoms with E-state index in [1.165, 1.54) is 5.56 Å². The lowest BCUT2D eigenvalue weighted by Gasteiger charge is -2.19. The molecule has 3 rings (SSSR count). The molecule has 0 bridgehead atoms. The van der Waals surface area contributed by atoms with Crippen LogP contribution in [-0.4, -0.2) is 24.5 Å². The summed E-state index contributed by atoms with van der Waals surface area (Å²) in [6.45, 7) is 6.76. The summed E-state index contributed by atoms with van der Waals surface area (Å²) in [5.74, 6) is 0.874. The quantitative estimate of drug-likeness (QED) is 0.656. The summed E-state index contributed by atoms with van der Waals surface area (Å²) in [4.78, 5) is 17.1. The van der Waals surface area contributed by atoms with Crippen molar-refractivity contribution in [2.45, 2.75) is 26.7 Å². The molecule has 0 saturated carbocycles. The molecule has 0 radical (unpaired) electrons. The van der Waals surface area contributed by atoms with E-state index in [0.29, 0.717) is 23.8 Å². The molecule has 0 fully saturated rings. The second-order valence-corrected chi connectivity index (χ2v) is 6.63. The fraction of sp³-hybridized carbons (Fsp3) is 0.273. The molecule has 3 aromatic rings. The van der Waals surface area contributed by atoms with E-state index in [1.54, 1.807) is 13.3 Å². The minimum Gasteiger partial charge on any atom is -0.494 e. The maximum atomic E-state index is 12.7. The van der Waals surface area contributed by atoms with Gasteiger partial charge < -0.3 is 15.4 Å². The molecule has 0 aliphatic carbocycles. The summed E-state index contributed by atoms with van der Waals surface area (Å²) in [6.07, 6.45) is 1.61. The first-order chi connectivity index (χ1) is 13.1. The number of fused-ring (bicyclic) bond motifs is 1. The number of anilines is 2. The van der Waals surface area contributed by atoms with Crippen LogP contribution in [0.4, 0.5) is 11.4 Å². The van der Waals surface area contributed by atoms with E-state index in [2.05, 4.69) is 35.5 Å². The Kier molecular flexibility index (Phi) is 5.60. The van der Waals surface area contributed by atoms with Gasteiger partial charge in [0.2, 0.25) is 0 Å². The molecule has 0 spiro atoms. The molecule has 140 valence electrons. The highest BCUT2D eigenvalue weighted by Gasteiger charge is 2.18. The van der Waals surface area contributed by atoms with Crippen molar-refractivity contribution in [3.05, 3.63) is 59.8 Å². The smallest absolute Gasteiger partial charge is 0.254 e. The summed E-state index contributed by atoms with van der Waals surface area (Å²) in [6, 6.07) is 13.9. The van der Waals surface area contributed by atoms with Crippen molar-refractivity contribution in [3.8, 4) is 5.75 Å². The third kappa shape index (κ3) is 3.72. The van der Waals surface area contributed by atoms with Crippen LogP contribution in [-0.2, 0) is 0 Å². The number of pyridine rings is 1. The molecule has 2 aromatic carbocycles. The van der Waals surface area contributed by atoms with Gasteiger partial charge >= 0.3 is 0 Å². The molecule has 1 aromatic heterocycles. The molecule has 2 N–H and O–H groups in total. The number of nitrogens with zero attached hydrogens (tertiary/aromatic N) is 1. The Hall–Kier alpha value is -3.08. The van der Waals surface area contributed by atoms with Crippen LogP contribution in [0.1, 0.15) is 42.6 Å². The number of rotatable bonds is 6. The van der Waals surface area contributed by atoms with Gasteiger partial charge in [-0.05, 0) is 30.5 Å². The monoisotopic (exact) mass is 363 g/mol. The number of hydrogen-bond acceptors (Lipinski definition) is 4. The van der Waals surface area contributed by atoms with E-state index in [-0.39, 0.29) is 5.91 Å². The van der Waals surface area contributed by atoms with Gasteiger partial charge in [0.1, 0.15) is 11.3 Å². The van der Waals surface area contributed by atoms with Crippen molar-refractivity contribution < 1.29 is 9.53 Å². The second-order valence-electron chi connectivity index (χ2n) is 6.63. The first-order valence-corrected chi connectivity index (χ1v) is 9.16. The Balaban J connectivity index is 2.22. The van der Waals surface area contributed by atoms with Crippen molar-refractivity contribution in [1.82, 2.24) is 10.3 Å². The molecule has 0 aliphatic rings. The zero-order chi connectivity index (χ0) is 19.4. The maximum absolute atomic E-state index is 12.7. The van der Waals surface area contributed by atoms with E-state index in [9.17, 15) is 4.79 Å². The van der Waals surface area contributed by atoms with Crippen LogP contribution in [0.3, 0.4) is 0 Å². The molecule has 27 heavy (non-hydrogen) atoms. The molecule has 5 heteroatoms. The van der Waals surface area contributed by atoms with Gasteiger partial charge in [0.15, 0.2) is 0 Å². The Morgan fingerprint density at radius 3 is 2.63 bits per heavy atom. The van der Waals surface area contributed by atoms with E-state index in [4.69, 9.17) is 4.74 Å². The van der Waals surface area contributed by atoms with Crippen LogP contribution in [0.15, 0.2) is 48.7 Å². The van der Waals surface area contributed by atoms with Crippen LogP contribution in [0.2, 0.25) is 0 Å². The molecule has 0 aliphatic heterocycles. The summed E-state index contributed by atoms with van der Waals surface area (Å²) in [5, 5.41) is 7.21. The minimum absolute atomic E-state index is 0.153. The largest absolute Gasteiger partial charge is 0.494 e. The zero-order valence-electron chi connectivity index (χ0n) is 16.2. The summed E-state index contributed by atoms with van der Waals surface area (Å²) in [5.41, 5.74) is 4.13. The topological polar surface area (TPSA) is 63.2 Å². The normalized spacial score (nSPS) is 10.9. The second kappa shape index (κ2) is 8.08. The highest BCUT2D eigenvalue weighted by atomic mass is 16.5. The fourth-order valence-corrected chi connectivity index (χ4v) is 3.17. The summed E-state index contributed by atoms with van der Waals surface area (Å²) < 4.78 is 5.45. The van der Waals surface area contributed by atoms with Gasteiger partial charge in [-0.3, -0.25) is 9.78 Å². The first-order valence-electron chi connectivity index (χ1n) is 9.16. The highest BCUT2D eigenvalue weighted by molar-refractivity contribution is 6.09. The molecule has 0 saturated heterocycles. The number of carbonyl (C=O) groups is 1. The number of nitrogens with one attached hydrogen (secondary N) is 2. The number of methoxy groups -OCH3 is 1. The van der Waals surface area contributed by atoms with Gasteiger partial charge in [0.25, 0.3) is 5.91 Å². The SMILES string of the molecule is CCNC(=O)c1cnc2c(OC)cccc2c1Nc1ccccc1C(C)C. The fourth-order valence-electron chi connectivity index (χ4n) is 3.17. The number of benzene rings is 2. The van der Waals surface area contributed by atoms with Gasteiger partial charge in [-0.25, -0.2) is 0 Å². The molecular weight excluding hydrogens is 338 g/mol. The molecule has 5 nitrogen and oxygen atoms in total. The summed E-state index contributed by atoms with van der Waals surface area (Å²) >= 11 is 0. The number of aromatic nitrogens is 1. The van der Waals surface area contributed by atoms with Gasteiger partial charge in [0, 0.05) is 23.8 Å². The highest BCUT2D eigenvalue weighted by Crippen LogP contribution is 2.35. The Bertz CT molecular complexity index is 967. The van der Waals surface area contributed by atoms with Gasteiger partial charge in [-0.2, -0.15) is 0 Å². The minimum atomic E-state index is -0.153. The lowest BCUT2D eigenvalue weighted by Crippen LogP contribution is -2.24. The molecule has 1 heterocycles. The molecule has 1 amide bonds.